The van der Waals surface area contributed by atoms with E-state index in [0.29, 0.717) is 12.8 Å². The number of aliphatic carboxylic acids is 1. The van der Waals surface area contributed by atoms with Gasteiger partial charge in [0.15, 0.2) is 0 Å². The summed E-state index contributed by atoms with van der Waals surface area (Å²) in [6, 6.07) is 15.3. The standard InChI is InChI=1S/C25H29NO4/c1-4-5-14-26(23(24(27)28)15-17(2)3)25(29)30-16-22-20-12-8-6-10-18(20)19-11-7-9-13-21(19)22/h4,6-13,17,22-23H,1,5,14-16H2,2-3H3,(H,27,28). The van der Waals surface area contributed by atoms with Crippen LogP contribution >= 0.6 is 0 Å². The Morgan fingerprint density at radius 3 is 2.17 bits per heavy atom. The van der Waals surface area contributed by atoms with Crippen molar-refractivity contribution in [1.82, 2.24) is 4.90 Å². The van der Waals surface area contributed by atoms with Crippen LogP contribution < -0.4 is 0 Å². The van der Waals surface area contributed by atoms with E-state index in [9.17, 15) is 14.7 Å². The van der Waals surface area contributed by atoms with E-state index in [1.807, 2.05) is 38.1 Å². The summed E-state index contributed by atoms with van der Waals surface area (Å²) in [5.74, 6) is -0.934. The molecule has 158 valence electrons. The van der Waals surface area contributed by atoms with E-state index in [-0.39, 0.29) is 25.0 Å². The molecule has 1 aliphatic rings. The Balaban J connectivity index is 1.79. The van der Waals surface area contributed by atoms with Crippen molar-refractivity contribution in [2.75, 3.05) is 13.2 Å². The average Bonchev–Trinajstić information content (AvgIpc) is 3.05. The molecule has 1 aliphatic carbocycles. The maximum absolute atomic E-state index is 13.0. The van der Waals surface area contributed by atoms with E-state index < -0.39 is 18.1 Å². The SMILES string of the molecule is C=CCCN(C(=O)OCC1c2ccccc2-c2ccccc21)C(CC(C)C)C(=O)O. The number of nitrogens with zero attached hydrogens (tertiary/aromatic N) is 1. The number of hydrogen-bond donors (Lipinski definition) is 1. The largest absolute Gasteiger partial charge is 0.480 e. The second kappa shape index (κ2) is 9.61. The maximum Gasteiger partial charge on any atom is 0.410 e. The molecule has 0 aromatic heterocycles. The first-order valence-electron chi connectivity index (χ1n) is 10.4. The van der Waals surface area contributed by atoms with Crippen molar-refractivity contribution < 1.29 is 19.4 Å². The third-order valence-corrected chi connectivity index (χ3v) is 5.50. The van der Waals surface area contributed by atoms with Crippen LogP contribution in [-0.2, 0) is 9.53 Å². The first kappa shape index (κ1) is 21.6. The molecule has 5 nitrogen and oxygen atoms in total. The Morgan fingerprint density at radius 2 is 1.67 bits per heavy atom. The lowest BCUT2D eigenvalue weighted by Gasteiger charge is -2.29. The number of rotatable bonds is 9. The number of ether oxygens (including phenoxy) is 1. The van der Waals surface area contributed by atoms with Gasteiger partial charge in [0.1, 0.15) is 12.6 Å². The molecule has 30 heavy (non-hydrogen) atoms. The summed E-state index contributed by atoms with van der Waals surface area (Å²) in [5.41, 5.74) is 4.56. The van der Waals surface area contributed by atoms with Crippen LogP contribution in [0.15, 0.2) is 61.2 Å². The van der Waals surface area contributed by atoms with Gasteiger partial charge in [0.2, 0.25) is 0 Å². The summed E-state index contributed by atoms with van der Waals surface area (Å²) in [6.45, 7) is 8.02. The molecular formula is C25H29NO4. The summed E-state index contributed by atoms with van der Waals surface area (Å²) < 4.78 is 5.70. The Labute approximate surface area is 178 Å². The highest BCUT2D eigenvalue weighted by molar-refractivity contribution is 5.81. The molecule has 1 atom stereocenters. The van der Waals surface area contributed by atoms with Crippen LogP contribution in [0.5, 0.6) is 0 Å². The minimum absolute atomic E-state index is 0.0593. The lowest BCUT2D eigenvalue weighted by Crippen LogP contribution is -2.46. The Hall–Kier alpha value is -3.08. The monoisotopic (exact) mass is 407 g/mol. The van der Waals surface area contributed by atoms with Gasteiger partial charge in [-0.1, -0.05) is 68.5 Å². The molecule has 5 heteroatoms. The highest BCUT2D eigenvalue weighted by atomic mass is 16.6. The maximum atomic E-state index is 13.0. The van der Waals surface area contributed by atoms with Crippen molar-refractivity contribution in [2.45, 2.75) is 38.6 Å². The highest BCUT2D eigenvalue weighted by Crippen LogP contribution is 2.44. The lowest BCUT2D eigenvalue weighted by molar-refractivity contribution is -0.143. The van der Waals surface area contributed by atoms with Crippen molar-refractivity contribution >= 4 is 12.1 Å². The fraction of sp³-hybridized carbons (Fsp3) is 0.360. The van der Waals surface area contributed by atoms with Gasteiger partial charge in [-0.3, -0.25) is 4.90 Å². The fourth-order valence-electron chi connectivity index (χ4n) is 4.09. The zero-order valence-corrected chi connectivity index (χ0v) is 17.6. The van der Waals surface area contributed by atoms with Gasteiger partial charge >= 0.3 is 12.1 Å². The van der Waals surface area contributed by atoms with E-state index in [1.54, 1.807) is 6.08 Å². The molecule has 0 saturated heterocycles. The number of carboxylic acid groups (broad SMARTS) is 1. The molecule has 1 unspecified atom stereocenters. The number of carboxylic acids is 1. The normalized spacial score (nSPS) is 13.4. The van der Waals surface area contributed by atoms with Crippen molar-refractivity contribution in [2.24, 2.45) is 5.92 Å². The molecule has 2 aromatic carbocycles. The molecule has 0 radical (unpaired) electrons. The van der Waals surface area contributed by atoms with Gasteiger partial charge in [0, 0.05) is 12.5 Å². The van der Waals surface area contributed by atoms with E-state index in [4.69, 9.17) is 4.74 Å². The van der Waals surface area contributed by atoms with Crippen LogP contribution in [0.25, 0.3) is 11.1 Å². The molecule has 0 saturated carbocycles. The van der Waals surface area contributed by atoms with Crippen LogP contribution in [0.2, 0.25) is 0 Å². The fourth-order valence-corrected chi connectivity index (χ4v) is 4.09. The van der Waals surface area contributed by atoms with Crippen molar-refractivity contribution in [3.05, 3.63) is 72.3 Å². The van der Waals surface area contributed by atoms with Gasteiger partial charge in [-0.25, -0.2) is 9.59 Å². The lowest BCUT2D eigenvalue weighted by atomic mass is 9.98. The van der Waals surface area contributed by atoms with Crippen LogP contribution in [0.1, 0.15) is 43.7 Å². The number of fused-ring (bicyclic) bond motifs is 3. The number of amides is 1. The van der Waals surface area contributed by atoms with E-state index in [1.165, 1.54) is 4.90 Å². The molecule has 0 fully saturated rings. The molecule has 0 spiro atoms. The van der Waals surface area contributed by atoms with Crippen molar-refractivity contribution in [3.63, 3.8) is 0 Å². The molecule has 0 heterocycles. The molecule has 2 aromatic rings. The van der Waals surface area contributed by atoms with Gasteiger partial charge < -0.3 is 9.84 Å². The third kappa shape index (κ3) is 4.56. The van der Waals surface area contributed by atoms with Crippen LogP contribution in [0, 0.1) is 5.92 Å². The quantitative estimate of drug-likeness (QED) is 0.572. The van der Waals surface area contributed by atoms with Crippen LogP contribution in [-0.4, -0.2) is 41.3 Å². The zero-order valence-electron chi connectivity index (χ0n) is 17.6. The minimum atomic E-state index is -1.01. The summed E-state index contributed by atoms with van der Waals surface area (Å²) in [7, 11) is 0. The summed E-state index contributed by atoms with van der Waals surface area (Å²) in [5, 5.41) is 9.71. The Kier molecular flexibility index (Phi) is 6.93. The van der Waals surface area contributed by atoms with Gasteiger partial charge in [-0.15, -0.1) is 6.58 Å². The molecule has 0 aliphatic heterocycles. The smallest absolute Gasteiger partial charge is 0.410 e. The van der Waals surface area contributed by atoms with Crippen molar-refractivity contribution in [3.8, 4) is 11.1 Å². The van der Waals surface area contributed by atoms with Gasteiger partial charge in [-0.2, -0.15) is 0 Å². The second-order valence-electron chi connectivity index (χ2n) is 8.06. The molecular weight excluding hydrogens is 378 g/mol. The first-order chi connectivity index (χ1) is 14.4. The Bertz CT molecular complexity index is 875. The minimum Gasteiger partial charge on any atom is -0.480 e. The summed E-state index contributed by atoms with van der Waals surface area (Å²) in [4.78, 5) is 26.1. The number of hydrogen-bond acceptors (Lipinski definition) is 3. The zero-order chi connectivity index (χ0) is 21.7. The second-order valence-corrected chi connectivity index (χ2v) is 8.06. The number of benzene rings is 2. The van der Waals surface area contributed by atoms with E-state index >= 15 is 0 Å². The summed E-state index contributed by atoms with van der Waals surface area (Å²) in [6.07, 6.45) is 1.97. The molecule has 0 bridgehead atoms. The van der Waals surface area contributed by atoms with E-state index in [2.05, 4.69) is 30.8 Å². The molecule has 3 rings (SSSR count). The number of carbonyl (C=O) groups excluding carboxylic acids is 1. The van der Waals surface area contributed by atoms with Gasteiger partial charge in [-0.05, 0) is 41.0 Å². The van der Waals surface area contributed by atoms with Gasteiger partial charge in [0.25, 0.3) is 0 Å². The topological polar surface area (TPSA) is 66.8 Å². The predicted octanol–water partition coefficient (Wildman–Crippen LogP) is 5.31. The average molecular weight is 408 g/mol. The number of carbonyl (C=O) groups is 2. The van der Waals surface area contributed by atoms with E-state index in [0.717, 1.165) is 22.3 Å². The summed E-state index contributed by atoms with van der Waals surface area (Å²) >= 11 is 0. The third-order valence-electron chi connectivity index (χ3n) is 5.50. The Morgan fingerprint density at radius 1 is 1.10 bits per heavy atom. The predicted molar refractivity (Wildman–Crippen MR) is 117 cm³/mol. The molecule has 1 amide bonds. The van der Waals surface area contributed by atoms with Crippen molar-refractivity contribution in [1.29, 1.82) is 0 Å². The van der Waals surface area contributed by atoms with Gasteiger partial charge in [0.05, 0.1) is 0 Å². The van der Waals surface area contributed by atoms with Crippen LogP contribution in [0.4, 0.5) is 4.79 Å². The first-order valence-corrected chi connectivity index (χ1v) is 10.4. The van der Waals surface area contributed by atoms with Crippen LogP contribution in [0.3, 0.4) is 0 Å². The molecule has 1 N–H and O–H groups in total. The highest BCUT2D eigenvalue weighted by Gasteiger charge is 2.33.